The van der Waals surface area contributed by atoms with E-state index in [1.54, 1.807) is 0 Å². The second-order valence-corrected chi connectivity index (χ2v) is 4.91. The molecule has 2 saturated heterocycles. The summed E-state index contributed by atoms with van der Waals surface area (Å²) in [6, 6.07) is 0.0591. The van der Waals surface area contributed by atoms with Crippen LogP contribution in [-0.4, -0.2) is 72.9 Å². The maximum absolute atomic E-state index is 10.8. The molecule has 1 unspecified atom stereocenters. The minimum absolute atomic E-state index is 0.0591. The molecule has 0 aliphatic carbocycles. The molecule has 1 atom stereocenters. The lowest BCUT2D eigenvalue weighted by Gasteiger charge is -2.35. The van der Waals surface area contributed by atoms with Crippen LogP contribution in [0, 0.1) is 0 Å². The Balaban J connectivity index is 1.76. The standard InChI is InChI=1S/C12H22N2O3/c15-12(16)9-11-10-17-8-7-14(11)6-5-13-3-1-2-4-13/h11H,1-10H2,(H,15,16). The van der Waals surface area contributed by atoms with Gasteiger partial charge in [0.1, 0.15) is 0 Å². The molecule has 0 amide bonds. The number of carbonyl (C=O) groups is 1. The van der Waals surface area contributed by atoms with E-state index in [9.17, 15) is 4.79 Å². The highest BCUT2D eigenvalue weighted by atomic mass is 16.5. The third kappa shape index (κ3) is 3.94. The van der Waals surface area contributed by atoms with Crippen LogP contribution in [0.2, 0.25) is 0 Å². The largest absolute Gasteiger partial charge is 0.481 e. The molecule has 2 aliphatic rings. The van der Waals surface area contributed by atoms with Crippen molar-refractivity contribution >= 4 is 5.97 Å². The molecule has 0 aromatic heterocycles. The number of hydrogen-bond acceptors (Lipinski definition) is 4. The van der Waals surface area contributed by atoms with Crippen molar-refractivity contribution in [3.8, 4) is 0 Å². The minimum Gasteiger partial charge on any atom is -0.481 e. The van der Waals surface area contributed by atoms with Crippen LogP contribution in [-0.2, 0) is 9.53 Å². The van der Waals surface area contributed by atoms with Gasteiger partial charge in [-0.3, -0.25) is 9.69 Å². The van der Waals surface area contributed by atoms with Gasteiger partial charge in [0.05, 0.1) is 19.6 Å². The molecule has 17 heavy (non-hydrogen) atoms. The summed E-state index contributed by atoms with van der Waals surface area (Å²) in [7, 11) is 0. The third-order valence-electron chi connectivity index (χ3n) is 3.66. The summed E-state index contributed by atoms with van der Waals surface area (Å²) < 4.78 is 5.37. The van der Waals surface area contributed by atoms with Gasteiger partial charge in [0.25, 0.3) is 0 Å². The second-order valence-electron chi connectivity index (χ2n) is 4.91. The number of aliphatic carboxylic acids is 1. The van der Waals surface area contributed by atoms with E-state index in [1.165, 1.54) is 25.9 Å². The Hall–Kier alpha value is -0.650. The van der Waals surface area contributed by atoms with Crippen LogP contribution in [0.3, 0.4) is 0 Å². The fraction of sp³-hybridized carbons (Fsp3) is 0.917. The molecule has 5 nitrogen and oxygen atoms in total. The zero-order chi connectivity index (χ0) is 12.1. The highest BCUT2D eigenvalue weighted by molar-refractivity contribution is 5.67. The SMILES string of the molecule is O=C(O)CC1COCCN1CCN1CCCC1. The molecule has 0 bridgehead atoms. The van der Waals surface area contributed by atoms with Gasteiger partial charge in [-0.15, -0.1) is 0 Å². The predicted octanol–water partition coefficient (Wildman–Crippen LogP) is 0.258. The van der Waals surface area contributed by atoms with Crippen molar-refractivity contribution in [3.63, 3.8) is 0 Å². The van der Waals surface area contributed by atoms with Crippen LogP contribution in [0.5, 0.6) is 0 Å². The first kappa shape index (κ1) is 12.8. The Bertz CT molecular complexity index is 254. The monoisotopic (exact) mass is 242 g/mol. The summed E-state index contributed by atoms with van der Waals surface area (Å²) in [6.07, 6.45) is 2.81. The van der Waals surface area contributed by atoms with Crippen molar-refractivity contribution < 1.29 is 14.6 Å². The number of carboxylic acids is 1. The molecule has 2 fully saturated rings. The number of ether oxygens (including phenoxy) is 1. The third-order valence-corrected chi connectivity index (χ3v) is 3.66. The topological polar surface area (TPSA) is 53.0 Å². The van der Waals surface area contributed by atoms with Gasteiger partial charge >= 0.3 is 5.97 Å². The molecular weight excluding hydrogens is 220 g/mol. The fourth-order valence-corrected chi connectivity index (χ4v) is 2.65. The predicted molar refractivity (Wildman–Crippen MR) is 64.1 cm³/mol. The minimum atomic E-state index is -0.730. The lowest BCUT2D eigenvalue weighted by Crippen LogP contribution is -2.48. The first-order valence-corrected chi connectivity index (χ1v) is 6.51. The fourth-order valence-electron chi connectivity index (χ4n) is 2.65. The van der Waals surface area contributed by atoms with E-state index in [-0.39, 0.29) is 12.5 Å². The Morgan fingerprint density at radius 2 is 2.00 bits per heavy atom. The summed E-state index contributed by atoms with van der Waals surface area (Å²) in [5.74, 6) is -0.730. The van der Waals surface area contributed by atoms with Gasteiger partial charge in [-0.2, -0.15) is 0 Å². The number of morpholine rings is 1. The van der Waals surface area contributed by atoms with Crippen molar-refractivity contribution in [2.45, 2.75) is 25.3 Å². The van der Waals surface area contributed by atoms with Crippen LogP contribution in [0.15, 0.2) is 0 Å². The number of rotatable bonds is 5. The summed E-state index contributed by atoms with van der Waals surface area (Å²) in [5, 5.41) is 8.87. The van der Waals surface area contributed by atoms with E-state index in [0.717, 1.165) is 26.2 Å². The molecule has 0 saturated carbocycles. The quantitative estimate of drug-likeness (QED) is 0.749. The lowest BCUT2D eigenvalue weighted by atomic mass is 10.1. The van der Waals surface area contributed by atoms with Gasteiger partial charge in [-0.25, -0.2) is 0 Å². The van der Waals surface area contributed by atoms with Crippen molar-refractivity contribution in [2.75, 3.05) is 45.9 Å². The Kier molecular flexibility index (Phi) is 4.76. The highest BCUT2D eigenvalue weighted by Crippen LogP contribution is 2.12. The average Bonchev–Trinajstić information content (AvgIpc) is 2.80. The Morgan fingerprint density at radius 1 is 1.24 bits per heavy atom. The van der Waals surface area contributed by atoms with E-state index in [4.69, 9.17) is 9.84 Å². The van der Waals surface area contributed by atoms with E-state index in [0.29, 0.717) is 6.61 Å². The molecule has 5 heteroatoms. The van der Waals surface area contributed by atoms with Crippen LogP contribution in [0.25, 0.3) is 0 Å². The lowest BCUT2D eigenvalue weighted by molar-refractivity contribution is -0.140. The molecule has 98 valence electrons. The molecule has 2 rings (SSSR count). The number of carboxylic acid groups (broad SMARTS) is 1. The molecule has 2 heterocycles. The first-order valence-electron chi connectivity index (χ1n) is 6.51. The first-order chi connectivity index (χ1) is 8.25. The van der Waals surface area contributed by atoms with Gasteiger partial charge in [-0.05, 0) is 25.9 Å². The normalized spacial score (nSPS) is 27.4. The van der Waals surface area contributed by atoms with Gasteiger partial charge in [-0.1, -0.05) is 0 Å². The van der Waals surface area contributed by atoms with Gasteiger partial charge < -0.3 is 14.7 Å². The van der Waals surface area contributed by atoms with Crippen LogP contribution < -0.4 is 0 Å². The highest BCUT2D eigenvalue weighted by Gasteiger charge is 2.25. The van der Waals surface area contributed by atoms with Crippen LogP contribution in [0.4, 0.5) is 0 Å². The Morgan fingerprint density at radius 3 is 2.71 bits per heavy atom. The van der Waals surface area contributed by atoms with Gasteiger partial charge in [0.15, 0.2) is 0 Å². The molecule has 0 spiro atoms. The van der Waals surface area contributed by atoms with E-state index >= 15 is 0 Å². The summed E-state index contributed by atoms with van der Waals surface area (Å²) in [6.45, 7) is 6.60. The number of nitrogens with zero attached hydrogens (tertiary/aromatic N) is 2. The number of likely N-dealkylation sites (tertiary alicyclic amines) is 1. The molecule has 0 radical (unpaired) electrons. The zero-order valence-corrected chi connectivity index (χ0v) is 10.3. The van der Waals surface area contributed by atoms with E-state index < -0.39 is 5.97 Å². The molecule has 0 aromatic rings. The molecular formula is C12H22N2O3. The van der Waals surface area contributed by atoms with Crippen LogP contribution >= 0.6 is 0 Å². The molecule has 0 aromatic carbocycles. The van der Waals surface area contributed by atoms with Gasteiger partial charge in [0.2, 0.25) is 0 Å². The smallest absolute Gasteiger partial charge is 0.305 e. The van der Waals surface area contributed by atoms with Crippen LogP contribution in [0.1, 0.15) is 19.3 Å². The van der Waals surface area contributed by atoms with Crippen molar-refractivity contribution in [3.05, 3.63) is 0 Å². The zero-order valence-electron chi connectivity index (χ0n) is 10.3. The van der Waals surface area contributed by atoms with E-state index in [2.05, 4.69) is 9.80 Å². The Labute approximate surface area is 102 Å². The second kappa shape index (κ2) is 6.33. The van der Waals surface area contributed by atoms with Crippen molar-refractivity contribution in [1.29, 1.82) is 0 Å². The number of hydrogen-bond donors (Lipinski definition) is 1. The average molecular weight is 242 g/mol. The van der Waals surface area contributed by atoms with Gasteiger partial charge in [0, 0.05) is 25.7 Å². The molecule has 2 aliphatic heterocycles. The summed E-state index contributed by atoms with van der Waals surface area (Å²) in [5.41, 5.74) is 0. The van der Waals surface area contributed by atoms with E-state index in [1.807, 2.05) is 0 Å². The van der Waals surface area contributed by atoms with Crippen molar-refractivity contribution in [1.82, 2.24) is 9.80 Å². The molecule has 1 N–H and O–H groups in total. The summed E-state index contributed by atoms with van der Waals surface area (Å²) >= 11 is 0. The maximum Gasteiger partial charge on any atom is 0.305 e. The maximum atomic E-state index is 10.8. The summed E-state index contributed by atoms with van der Waals surface area (Å²) in [4.78, 5) is 15.5. The van der Waals surface area contributed by atoms with Crippen molar-refractivity contribution in [2.24, 2.45) is 0 Å².